The molecule has 0 atom stereocenters. The summed E-state index contributed by atoms with van der Waals surface area (Å²) in [5, 5.41) is 0. The number of hydrogen-bond acceptors (Lipinski definition) is 3. The minimum atomic E-state index is 0.775. The van der Waals surface area contributed by atoms with E-state index in [1.807, 2.05) is 26.2 Å². The lowest BCUT2D eigenvalue weighted by Gasteiger charge is -2.13. The maximum atomic E-state index is 5.64. The molecule has 84 valence electrons. The van der Waals surface area contributed by atoms with Gasteiger partial charge < -0.3 is 9.64 Å². The van der Waals surface area contributed by atoms with Crippen molar-refractivity contribution in [3.8, 4) is 5.75 Å². The van der Waals surface area contributed by atoms with Crippen molar-refractivity contribution >= 4 is 18.3 Å². The molecule has 1 aromatic rings. The molecular formula is C12H19NOS. The Bertz CT molecular complexity index is 289. The smallest absolute Gasteiger partial charge is 0.121 e. The zero-order valence-corrected chi connectivity index (χ0v) is 10.3. The summed E-state index contributed by atoms with van der Waals surface area (Å²) in [4.78, 5) is 2.07. The molecule has 0 saturated carbocycles. The molecule has 0 unspecified atom stereocenters. The van der Waals surface area contributed by atoms with E-state index in [4.69, 9.17) is 4.74 Å². The van der Waals surface area contributed by atoms with E-state index in [1.54, 1.807) is 0 Å². The number of thiol groups is 1. The Balaban J connectivity index is 2.43. The number of benzene rings is 1. The molecule has 0 bridgehead atoms. The van der Waals surface area contributed by atoms with Crippen molar-refractivity contribution < 1.29 is 4.74 Å². The summed E-state index contributed by atoms with van der Waals surface area (Å²) in [6.45, 7) is 0.775. The largest absolute Gasteiger partial charge is 0.494 e. The predicted molar refractivity (Wildman–Crippen MR) is 69.4 cm³/mol. The SMILES string of the molecule is CN(C)c1cccc(OCCCCS)c1. The molecule has 1 aromatic carbocycles. The van der Waals surface area contributed by atoms with Crippen molar-refractivity contribution in [3.63, 3.8) is 0 Å². The Morgan fingerprint density at radius 1 is 1.27 bits per heavy atom. The van der Waals surface area contributed by atoms with Crippen molar-refractivity contribution in [1.29, 1.82) is 0 Å². The number of anilines is 1. The maximum Gasteiger partial charge on any atom is 0.121 e. The van der Waals surface area contributed by atoms with Gasteiger partial charge in [-0.1, -0.05) is 6.07 Å². The molecule has 0 aromatic heterocycles. The summed E-state index contributed by atoms with van der Waals surface area (Å²) in [6.07, 6.45) is 2.17. The highest BCUT2D eigenvalue weighted by molar-refractivity contribution is 7.80. The van der Waals surface area contributed by atoms with Gasteiger partial charge >= 0.3 is 0 Å². The van der Waals surface area contributed by atoms with Crippen LogP contribution in [0.4, 0.5) is 5.69 Å². The Hall–Kier alpha value is -0.830. The second kappa shape index (κ2) is 6.62. The minimum absolute atomic E-state index is 0.775. The fraction of sp³-hybridized carbons (Fsp3) is 0.500. The van der Waals surface area contributed by atoms with Crippen molar-refractivity contribution in [2.75, 3.05) is 31.4 Å². The lowest BCUT2D eigenvalue weighted by atomic mass is 10.3. The van der Waals surface area contributed by atoms with Gasteiger partial charge in [0.1, 0.15) is 5.75 Å². The molecule has 0 N–H and O–H groups in total. The first-order valence-electron chi connectivity index (χ1n) is 5.25. The Morgan fingerprint density at radius 2 is 2.07 bits per heavy atom. The summed E-state index contributed by atoms with van der Waals surface area (Å²) in [5.41, 5.74) is 1.17. The van der Waals surface area contributed by atoms with E-state index in [0.29, 0.717) is 0 Å². The number of unbranched alkanes of at least 4 members (excludes halogenated alkanes) is 1. The quantitative estimate of drug-likeness (QED) is 0.590. The first-order chi connectivity index (χ1) is 7.24. The first-order valence-corrected chi connectivity index (χ1v) is 5.88. The molecule has 0 aliphatic carbocycles. The summed E-state index contributed by atoms with van der Waals surface area (Å²) in [7, 11) is 4.06. The van der Waals surface area contributed by atoms with Crippen LogP contribution in [0.3, 0.4) is 0 Å². The van der Waals surface area contributed by atoms with Crippen LogP contribution in [-0.2, 0) is 0 Å². The molecular weight excluding hydrogens is 206 g/mol. The third-order valence-electron chi connectivity index (χ3n) is 2.16. The van der Waals surface area contributed by atoms with Crippen LogP contribution in [-0.4, -0.2) is 26.5 Å². The second-order valence-electron chi connectivity index (χ2n) is 3.67. The van der Waals surface area contributed by atoms with Gasteiger partial charge in [-0.15, -0.1) is 0 Å². The molecule has 1 rings (SSSR count). The van der Waals surface area contributed by atoms with Gasteiger partial charge in [-0.05, 0) is 30.7 Å². The lowest BCUT2D eigenvalue weighted by molar-refractivity contribution is 0.310. The highest BCUT2D eigenvalue weighted by Gasteiger charge is 1.97. The van der Waals surface area contributed by atoms with Crippen LogP contribution in [0.5, 0.6) is 5.75 Å². The summed E-state index contributed by atoms with van der Waals surface area (Å²) < 4.78 is 5.64. The molecule has 0 radical (unpaired) electrons. The zero-order valence-electron chi connectivity index (χ0n) is 9.44. The van der Waals surface area contributed by atoms with Crippen LogP contribution in [0.25, 0.3) is 0 Å². The third kappa shape index (κ3) is 4.47. The van der Waals surface area contributed by atoms with Gasteiger partial charge in [-0.2, -0.15) is 12.6 Å². The van der Waals surface area contributed by atoms with Gasteiger partial charge in [0.2, 0.25) is 0 Å². The minimum Gasteiger partial charge on any atom is -0.494 e. The average Bonchev–Trinajstić information content (AvgIpc) is 2.25. The monoisotopic (exact) mass is 225 g/mol. The molecule has 15 heavy (non-hydrogen) atoms. The maximum absolute atomic E-state index is 5.64. The number of hydrogen-bond donors (Lipinski definition) is 1. The summed E-state index contributed by atoms with van der Waals surface area (Å²) in [5.74, 6) is 1.88. The standard InChI is InChI=1S/C12H19NOS/c1-13(2)11-6-5-7-12(10-11)14-8-3-4-9-15/h5-7,10,15H,3-4,8-9H2,1-2H3. The van der Waals surface area contributed by atoms with Crippen LogP contribution in [0.1, 0.15) is 12.8 Å². The van der Waals surface area contributed by atoms with Gasteiger partial charge in [0.25, 0.3) is 0 Å². The number of ether oxygens (including phenoxy) is 1. The van der Waals surface area contributed by atoms with Gasteiger partial charge in [0, 0.05) is 25.8 Å². The molecule has 2 nitrogen and oxygen atoms in total. The van der Waals surface area contributed by atoms with Gasteiger partial charge in [0.15, 0.2) is 0 Å². The van der Waals surface area contributed by atoms with E-state index in [0.717, 1.165) is 31.0 Å². The van der Waals surface area contributed by atoms with Crippen LogP contribution in [0.2, 0.25) is 0 Å². The molecule has 0 heterocycles. The van der Waals surface area contributed by atoms with E-state index in [2.05, 4.69) is 29.7 Å². The van der Waals surface area contributed by atoms with Gasteiger partial charge in [-0.3, -0.25) is 0 Å². The third-order valence-corrected chi connectivity index (χ3v) is 2.47. The first kappa shape index (κ1) is 12.2. The predicted octanol–water partition coefficient (Wildman–Crippen LogP) is 2.84. The fourth-order valence-electron chi connectivity index (χ4n) is 1.26. The normalized spacial score (nSPS) is 10.1. The van der Waals surface area contributed by atoms with Crippen LogP contribution in [0, 0.1) is 0 Å². The van der Waals surface area contributed by atoms with Gasteiger partial charge in [-0.25, -0.2) is 0 Å². The molecule has 3 heteroatoms. The average molecular weight is 225 g/mol. The molecule has 0 aliphatic rings. The molecule has 0 fully saturated rings. The van der Waals surface area contributed by atoms with Crippen LogP contribution in [0.15, 0.2) is 24.3 Å². The van der Waals surface area contributed by atoms with Crippen LogP contribution >= 0.6 is 12.6 Å². The van der Waals surface area contributed by atoms with Crippen LogP contribution < -0.4 is 9.64 Å². The highest BCUT2D eigenvalue weighted by atomic mass is 32.1. The van der Waals surface area contributed by atoms with Gasteiger partial charge in [0.05, 0.1) is 6.61 Å². The number of rotatable bonds is 6. The Kier molecular flexibility index (Phi) is 5.40. The second-order valence-corrected chi connectivity index (χ2v) is 4.12. The fourth-order valence-corrected chi connectivity index (χ4v) is 1.48. The van der Waals surface area contributed by atoms with E-state index < -0.39 is 0 Å². The molecule has 0 amide bonds. The van der Waals surface area contributed by atoms with E-state index in [-0.39, 0.29) is 0 Å². The highest BCUT2D eigenvalue weighted by Crippen LogP contribution is 2.19. The van der Waals surface area contributed by atoms with E-state index in [1.165, 1.54) is 5.69 Å². The Labute approximate surface area is 97.6 Å². The molecule has 0 spiro atoms. The van der Waals surface area contributed by atoms with Crippen molar-refractivity contribution in [2.45, 2.75) is 12.8 Å². The summed E-state index contributed by atoms with van der Waals surface area (Å²) >= 11 is 4.16. The molecule has 0 saturated heterocycles. The molecule has 0 aliphatic heterocycles. The zero-order chi connectivity index (χ0) is 11.1. The van der Waals surface area contributed by atoms with Crippen molar-refractivity contribution in [3.05, 3.63) is 24.3 Å². The van der Waals surface area contributed by atoms with E-state index in [9.17, 15) is 0 Å². The van der Waals surface area contributed by atoms with Crippen molar-refractivity contribution in [2.24, 2.45) is 0 Å². The number of nitrogens with zero attached hydrogens (tertiary/aromatic N) is 1. The van der Waals surface area contributed by atoms with E-state index >= 15 is 0 Å². The lowest BCUT2D eigenvalue weighted by Crippen LogP contribution is -2.08. The van der Waals surface area contributed by atoms with Crippen molar-refractivity contribution in [1.82, 2.24) is 0 Å². The topological polar surface area (TPSA) is 12.5 Å². The summed E-state index contributed by atoms with van der Waals surface area (Å²) in [6, 6.07) is 8.14. The Morgan fingerprint density at radius 3 is 2.73 bits per heavy atom.